The fourth-order valence-corrected chi connectivity index (χ4v) is 2.05. The SMILES string of the molecule is CCCCCCCC(C)NC/C=C/CNC(=O)OC(C)(C)C. The molecule has 2 N–H and O–H groups in total. The van der Waals surface area contributed by atoms with Crippen LogP contribution in [0, 0.1) is 0 Å². The van der Waals surface area contributed by atoms with Gasteiger partial charge >= 0.3 is 6.09 Å². The van der Waals surface area contributed by atoms with Crippen LogP contribution in [0.25, 0.3) is 0 Å². The Bertz CT molecular complexity index is 309. The van der Waals surface area contributed by atoms with E-state index in [9.17, 15) is 4.79 Å². The third-order valence-electron chi connectivity index (χ3n) is 3.25. The summed E-state index contributed by atoms with van der Waals surface area (Å²) >= 11 is 0. The monoisotopic (exact) mass is 312 g/mol. The molecule has 0 saturated carbocycles. The lowest BCUT2D eigenvalue weighted by Gasteiger charge is -2.19. The Morgan fingerprint density at radius 3 is 2.36 bits per heavy atom. The van der Waals surface area contributed by atoms with E-state index in [1.165, 1.54) is 38.5 Å². The second kappa shape index (κ2) is 12.5. The van der Waals surface area contributed by atoms with Gasteiger partial charge in [0.25, 0.3) is 0 Å². The van der Waals surface area contributed by atoms with E-state index < -0.39 is 5.60 Å². The molecule has 4 heteroatoms. The van der Waals surface area contributed by atoms with Crippen LogP contribution in [0.3, 0.4) is 0 Å². The maximum Gasteiger partial charge on any atom is 0.407 e. The molecule has 0 aromatic carbocycles. The zero-order valence-corrected chi connectivity index (χ0v) is 15.2. The largest absolute Gasteiger partial charge is 0.444 e. The van der Waals surface area contributed by atoms with E-state index in [4.69, 9.17) is 4.74 Å². The van der Waals surface area contributed by atoms with E-state index in [1.54, 1.807) is 0 Å². The molecule has 1 atom stereocenters. The van der Waals surface area contributed by atoms with Crippen molar-refractivity contribution < 1.29 is 9.53 Å². The summed E-state index contributed by atoms with van der Waals surface area (Å²) in [6.45, 7) is 11.4. The minimum absolute atomic E-state index is 0.370. The van der Waals surface area contributed by atoms with E-state index in [0.717, 1.165) is 6.54 Å². The number of unbranched alkanes of at least 4 members (excludes halogenated alkanes) is 4. The fraction of sp³-hybridized carbons (Fsp3) is 0.833. The summed E-state index contributed by atoms with van der Waals surface area (Å²) in [5.74, 6) is 0. The van der Waals surface area contributed by atoms with Gasteiger partial charge in [-0.25, -0.2) is 4.79 Å². The molecule has 130 valence electrons. The fourth-order valence-electron chi connectivity index (χ4n) is 2.05. The lowest BCUT2D eigenvalue weighted by Crippen LogP contribution is -2.32. The Kier molecular flexibility index (Phi) is 11.9. The molecule has 1 unspecified atom stereocenters. The summed E-state index contributed by atoms with van der Waals surface area (Å²) in [6, 6.07) is 0.546. The van der Waals surface area contributed by atoms with Crippen LogP contribution in [0.4, 0.5) is 4.79 Å². The number of rotatable bonds is 11. The summed E-state index contributed by atoms with van der Waals surface area (Å²) in [6.07, 6.45) is 11.5. The maximum absolute atomic E-state index is 11.4. The molecular weight excluding hydrogens is 276 g/mol. The van der Waals surface area contributed by atoms with Crippen molar-refractivity contribution in [1.82, 2.24) is 10.6 Å². The molecule has 0 heterocycles. The van der Waals surface area contributed by atoms with E-state index in [0.29, 0.717) is 12.6 Å². The van der Waals surface area contributed by atoms with Crippen molar-refractivity contribution in [2.24, 2.45) is 0 Å². The van der Waals surface area contributed by atoms with Crippen LogP contribution >= 0.6 is 0 Å². The molecule has 0 aromatic rings. The first-order valence-corrected chi connectivity index (χ1v) is 8.70. The number of hydrogen-bond donors (Lipinski definition) is 2. The summed E-state index contributed by atoms with van der Waals surface area (Å²) < 4.78 is 5.16. The van der Waals surface area contributed by atoms with Crippen LogP contribution in [0.1, 0.15) is 73.1 Å². The maximum atomic E-state index is 11.4. The van der Waals surface area contributed by atoms with E-state index in [1.807, 2.05) is 32.9 Å². The Morgan fingerprint density at radius 1 is 1.09 bits per heavy atom. The van der Waals surface area contributed by atoms with Gasteiger partial charge in [0.1, 0.15) is 5.60 Å². The van der Waals surface area contributed by atoms with Crippen LogP contribution in [-0.2, 0) is 4.74 Å². The van der Waals surface area contributed by atoms with Crippen molar-refractivity contribution in [3.63, 3.8) is 0 Å². The van der Waals surface area contributed by atoms with Gasteiger partial charge in [-0.05, 0) is 34.1 Å². The second-order valence-electron chi connectivity index (χ2n) is 6.87. The van der Waals surface area contributed by atoms with Gasteiger partial charge in [-0.15, -0.1) is 0 Å². The van der Waals surface area contributed by atoms with Gasteiger partial charge in [-0.2, -0.15) is 0 Å². The molecule has 0 saturated heterocycles. The van der Waals surface area contributed by atoms with Crippen molar-refractivity contribution in [2.45, 2.75) is 84.8 Å². The highest BCUT2D eigenvalue weighted by atomic mass is 16.6. The number of nitrogens with one attached hydrogen (secondary N) is 2. The van der Waals surface area contributed by atoms with Gasteiger partial charge in [-0.3, -0.25) is 0 Å². The molecule has 0 spiro atoms. The highest BCUT2D eigenvalue weighted by Crippen LogP contribution is 2.07. The van der Waals surface area contributed by atoms with Gasteiger partial charge in [-0.1, -0.05) is 51.2 Å². The van der Waals surface area contributed by atoms with Crippen LogP contribution in [0.2, 0.25) is 0 Å². The first-order chi connectivity index (χ1) is 10.3. The molecule has 0 aromatic heterocycles. The van der Waals surface area contributed by atoms with Gasteiger partial charge in [0, 0.05) is 19.1 Å². The lowest BCUT2D eigenvalue weighted by molar-refractivity contribution is 0.0534. The summed E-state index contributed by atoms with van der Waals surface area (Å²) in [5, 5.41) is 6.17. The van der Waals surface area contributed by atoms with Crippen LogP contribution < -0.4 is 10.6 Å². The molecule has 0 radical (unpaired) electrons. The molecule has 4 nitrogen and oxygen atoms in total. The Hall–Kier alpha value is -1.03. The molecule has 0 rings (SSSR count). The van der Waals surface area contributed by atoms with E-state index in [-0.39, 0.29) is 6.09 Å². The normalized spacial score (nSPS) is 13.3. The number of ether oxygens (including phenoxy) is 1. The average Bonchev–Trinajstić information content (AvgIpc) is 2.40. The van der Waals surface area contributed by atoms with Gasteiger partial charge in [0.2, 0.25) is 0 Å². The lowest BCUT2D eigenvalue weighted by atomic mass is 10.1. The highest BCUT2D eigenvalue weighted by molar-refractivity contribution is 5.67. The van der Waals surface area contributed by atoms with Gasteiger partial charge < -0.3 is 15.4 Å². The van der Waals surface area contributed by atoms with Crippen LogP contribution in [0.15, 0.2) is 12.2 Å². The summed E-state index contributed by atoms with van der Waals surface area (Å²) in [4.78, 5) is 11.4. The molecule has 22 heavy (non-hydrogen) atoms. The zero-order valence-electron chi connectivity index (χ0n) is 15.2. The molecule has 1 amide bonds. The molecule has 0 bridgehead atoms. The molecular formula is C18H36N2O2. The first-order valence-electron chi connectivity index (χ1n) is 8.70. The third-order valence-corrected chi connectivity index (χ3v) is 3.25. The number of carbonyl (C=O) groups is 1. The van der Waals surface area contributed by atoms with Gasteiger partial charge in [0.15, 0.2) is 0 Å². The highest BCUT2D eigenvalue weighted by Gasteiger charge is 2.14. The summed E-state index contributed by atoms with van der Waals surface area (Å²) in [5.41, 5.74) is -0.443. The minimum Gasteiger partial charge on any atom is -0.444 e. The number of amides is 1. The number of alkyl carbamates (subject to hydrolysis) is 1. The molecule has 0 aliphatic heterocycles. The molecule has 0 aliphatic carbocycles. The van der Waals surface area contributed by atoms with E-state index >= 15 is 0 Å². The van der Waals surface area contributed by atoms with Crippen molar-refractivity contribution in [3.8, 4) is 0 Å². The minimum atomic E-state index is -0.443. The number of hydrogen-bond acceptors (Lipinski definition) is 3. The smallest absolute Gasteiger partial charge is 0.407 e. The predicted octanol–water partition coefficient (Wildman–Crippen LogP) is 4.41. The molecule has 0 aliphatic rings. The first kappa shape index (κ1) is 21.0. The zero-order chi connectivity index (χ0) is 16.8. The van der Waals surface area contributed by atoms with E-state index in [2.05, 4.69) is 24.5 Å². The van der Waals surface area contributed by atoms with Crippen molar-refractivity contribution >= 4 is 6.09 Å². The van der Waals surface area contributed by atoms with Crippen molar-refractivity contribution in [2.75, 3.05) is 13.1 Å². The van der Waals surface area contributed by atoms with Crippen LogP contribution in [0.5, 0.6) is 0 Å². The third kappa shape index (κ3) is 15.4. The standard InChI is InChI=1S/C18H36N2O2/c1-6-7-8-9-10-13-16(2)19-14-11-12-15-20-17(21)22-18(3,4)5/h11-12,16,19H,6-10,13-15H2,1-5H3,(H,20,21)/b12-11+. The Morgan fingerprint density at radius 2 is 1.73 bits per heavy atom. The average molecular weight is 312 g/mol. The van der Waals surface area contributed by atoms with Crippen LogP contribution in [-0.4, -0.2) is 30.8 Å². The van der Waals surface area contributed by atoms with Crippen molar-refractivity contribution in [1.29, 1.82) is 0 Å². The van der Waals surface area contributed by atoms with Gasteiger partial charge in [0.05, 0.1) is 0 Å². The quantitative estimate of drug-likeness (QED) is 0.439. The molecule has 0 fully saturated rings. The second-order valence-corrected chi connectivity index (χ2v) is 6.87. The Balaban J connectivity index is 3.51. The summed E-state index contributed by atoms with van der Waals surface area (Å²) in [7, 11) is 0. The number of carbonyl (C=O) groups excluding carboxylic acids is 1. The Labute approximate surface area is 137 Å². The predicted molar refractivity (Wildman–Crippen MR) is 94.2 cm³/mol. The van der Waals surface area contributed by atoms with Crippen molar-refractivity contribution in [3.05, 3.63) is 12.2 Å². The topological polar surface area (TPSA) is 50.4 Å².